The van der Waals surface area contributed by atoms with Crippen LogP contribution in [0.15, 0.2) is 141 Å². The van der Waals surface area contributed by atoms with Crippen molar-refractivity contribution in [3.63, 3.8) is 0 Å². The number of hydrogen-bond acceptors (Lipinski definition) is 7. The van der Waals surface area contributed by atoms with Gasteiger partial charge in [0.05, 0.1) is 23.5 Å². The number of thiophene rings is 1. The van der Waals surface area contributed by atoms with Crippen molar-refractivity contribution < 1.29 is 13.4 Å². The van der Waals surface area contributed by atoms with E-state index in [0.29, 0.717) is 17.4 Å². The number of fused-ring (bicyclic) bond motifs is 4. The number of hydrogen-bond donors (Lipinski definition) is 3. The van der Waals surface area contributed by atoms with Gasteiger partial charge in [-0.25, -0.2) is 9.97 Å². The minimum absolute atomic E-state index is 0.135. The molecule has 52 heavy (non-hydrogen) atoms. The highest BCUT2D eigenvalue weighted by atomic mass is 32.1. The van der Waals surface area contributed by atoms with Crippen LogP contribution in [0.1, 0.15) is 22.6 Å². The van der Waals surface area contributed by atoms with Gasteiger partial charge in [-0.05, 0) is 58.5 Å². The molecule has 248 valence electrons. The van der Waals surface area contributed by atoms with Crippen molar-refractivity contribution in [3.05, 3.63) is 145 Å². The third-order valence-corrected chi connectivity index (χ3v) is 10.9. The molecule has 0 aliphatic heterocycles. The van der Waals surface area contributed by atoms with E-state index in [2.05, 4.69) is 86.2 Å². The molecule has 7 heterocycles. The topological polar surface area (TPSA) is 125 Å². The normalized spacial score (nSPS) is 13.9. The summed E-state index contributed by atoms with van der Waals surface area (Å²) in [4.78, 5) is 21.6. The minimum Gasteiger partial charge on any atom is -0.464 e. The quantitative estimate of drug-likeness (QED) is 0.152. The second-order valence-electron chi connectivity index (χ2n) is 12.7. The molecule has 0 saturated heterocycles. The molecular weight excluding hydrogens is 669 g/mol. The van der Waals surface area contributed by atoms with E-state index < -0.39 is 0 Å². The van der Waals surface area contributed by atoms with Gasteiger partial charge in [0.15, 0.2) is 0 Å². The summed E-state index contributed by atoms with van der Waals surface area (Å²) in [6.45, 7) is 0. The Morgan fingerprint density at radius 1 is 0.731 bits per heavy atom. The van der Waals surface area contributed by atoms with Crippen molar-refractivity contribution >= 4 is 39.2 Å². The molecule has 1 aliphatic rings. The summed E-state index contributed by atoms with van der Waals surface area (Å²) < 4.78 is 17.9. The van der Waals surface area contributed by atoms with Crippen LogP contribution in [0, 0.1) is 0 Å². The van der Waals surface area contributed by atoms with E-state index in [-0.39, 0.29) is 5.92 Å². The maximum absolute atomic E-state index is 6.26. The zero-order chi connectivity index (χ0) is 34.2. The molecule has 3 aromatic carbocycles. The molecule has 7 aromatic heterocycles. The van der Waals surface area contributed by atoms with E-state index in [1.165, 1.54) is 11.1 Å². The maximum atomic E-state index is 6.26. The monoisotopic (exact) mass is 694 g/mol. The first-order valence-electron chi connectivity index (χ1n) is 16.8. The summed E-state index contributed by atoms with van der Waals surface area (Å²) in [6.07, 6.45) is 16.7. The maximum Gasteiger partial charge on any atom is 0.227 e. The second-order valence-corrected chi connectivity index (χ2v) is 13.6. The Labute approximate surface area is 299 Å². The molecule has 0 amide bonds. The van der Waals surface area contributed by atoms with Crippen molar-refractivity contribution in [2.75, 3.05) is 0 Å². The van der Waals surface area contributed by atoms with Gasteiger partial charge in [0.2, 0.25) is 5.89 Å². The molecule has 0 bridgehead atoms. The number of furan rings is 1. The highest BCUT2D eigenvalue weighted by molar-refractivity contribution is 7.13. The molecule has 10 aromatic rings. The third-order valence-electron chi connectivity index (χ3n) is 9.98. The summed E-state index contributed by atoms with van der Waals surface area (Å²) in [5.74, 6) is 1.78. The Balaban J connectivity index is 1.44. The smallest absolute Gasteiger partial charge is 0.227 e. The summed E-state index contributed by atoms with van der Waals surface area (Å²) in [5, 5.41) is 8.74. The van der Waals surface area contributed by atoms with Crippen LogP contribution in [-0.2, 0) is 0 Å². The number of oxazole rings is 1. The van der Waals surface area contributed by atoms with E-state index in [4.69, 9.17) is 23.3 Å². The fourth-order valence-electron chi connectivity index (χ4n) is 8.00. The Hall–Kier alpha value is -6.91. The lowest BCUT2D eigenvalue weighted by Gasteiger charge is -2.23. The van der Waals surface area contributed by atoms with Gasteiger partial charge in [0.1, 0.15) is 29.8 Å². The first-order valence-corrected chi connectivity index (χ1v) is 17.7. The van der Waals surface area contributed by atoms with Gasteiger partial charge in [-0.1, -0.05) is 47.6 Å². The van der Waals surface area contributed by atoms with Gasteiger partial charge >= 0.3 is 0 Å². The number of aromatic amines is 3. The lowest BCUT2D eigenvalue weighted by molar-refractivity contribution is 0.422. The Morgan fingerprint density at radius 2 is 1.71 bits per heavy atom. The number of nitrogens with zero attached hydrogens (tertiary/aromatic N) is 3. The summed E-state index contributed by atoms with van der Waals surface area (Å²) in [6, 6.07) is 25.0. The van der Waals surface area contributed by atoms with E-state index in [0.717, 1.165) is 77.1 Å². The number of allylic oxidation sites excluding steroid dienone is 1. The van der Waals surface area contributed by atoms with Crippen LogP contribution < -0.4 is 0 Å². The van der Waals surface area contributed by atoms with Gasteiger partial charge in [0.25, 0.3) is 0 Å². The van der Waals surface area contributed by atoms with Gasteiger partial charge in [0, 0.05) is 85.3 Å². The Kier molecular flexibility index (Phi) is 6.28. The number of aromatic nitrogens is 6. The average molecular weight is 695 g/mol. The first kappa shape index (κ1) is 28.9. The molecule has 10 heteroatoms. The molecule has 1 unspecified atom stereocenters. The Morgan fingerprint density at radius 3 is 2.48 bits per heavy atom. The summed E-state index contributed by atoms with van der Waals surface area (Å²) >= 11 is 1.70. The third kappa shape index (κ3) is 4.18. The lowest BCUT2D eigenvalue weighted by atomic mass is 9.80. The first-order chi connectivity index (χ1) is 25.8. The van der Waals surface area contributed by atoms with E-state index in [1.807, 2.05) is 36.7 Å². The highest BCUT2D eigenvalue weighted by Gasteiger charge is 2.35. The fraction of sp³-hybridized carbons (Fsp3) is 0.0238. The van der Waals surface area contributed by atoms with Gasteiger partial charge < -0.3 is 28.3 Å². The van der Waals surface area contributed by atoms with Crippen LogP contribution in [0.5, 0.6) is 0 Å². The zero-order valence-corrected chi connectivity index (χ0v) is 28.1. The minimum atomic E-state index is -0.135. The fourth-order valence-corrected chi connectivity index (χ4v) is 8.79. The molecule has 0 fully saturated rings. The standard InChI is InChI=1S/C42H26N6O3S/c1-2-7-24-23(6-1)11-12-25(24)33-37-34-29(22-26(27-8-3-14-43-27)32(30-9-4-18-49-30)36(34)31-10-5-21-52-31)47-40(37)35(28-13-19-51-48-28)39(42-46-17-20-50-42)38(33)41-44-15-16-45-41/h1-22,25,43,47H,(H,44,45). The number of nitrogens with one attached hydrogen (secondary N) is 3. The number of imidazole rings is 1. The van der Waals surface area contributed by atoms with Crippen LogP contribution in [0.25, 0.3) is 95.0 Å². The van der Waals surface area contributed by atoms with Crippen LogP contribution >= 0.6 is 11.3 Å². The van der Waals surface area contributed by atoms with Gasteiger partial charge in [-0.2, -0.15) is 0 Å². The Bertz CT molecular complexity index is 2880. The molecule has 1 aliphatic carbocycles. The summed E-state index contributed by atoms with van der Waals surface area (Å²) in [5.41, 5.74) is 12.4. The molecule has 0 saturated carbocycles. The van der Waals surface area contributed by atoms with E-state index in [9.17, 15) is 0 Å². The molecule has 9 nitrogen and oxygen atoms in total. The van der Waals surface area contributed by atoms with Gasteiger partial charge in [-0.15, -0.1) is 11.3 Å². The highest BCUT2D eigenvalue weighted by Crippen LogP contribution is 2.56. The van der Waals surface area contributed by atoms with E-state index in [1.54, 1.807) is 42.5 Å². The molecule has 3 N–H and O–H groups in total. The average Bonchev–Trinajstić information content (AvgIpc) is 4.04. The second kappa shape index (κ2) is 11.3. The molecule has 1 atom stereocenters. The SMILES string of the molecule is C1=CC(c2c(-c3ncc[nH]3)c(-c3ncco3)c(-c3ccon3)c3[nH]c4cc(-c5ccc[nH]5)c(-c5ccco5)c(-c5cccs5)c4c23)c2ccccc21. The van der Waals surface area contributed by atoms with Gasteiger partial charge in [-0.3, -0.25) is 0 Å². The lowest BCUT2D eigenvalue weighted by Crippen LogP contribution is -2.05. The predicted octanol–water partition coefficient (Wildman–Crippen LogP) is 11.2. The largest absolute Gasteiger partial charge is 0.464 e. The van der Waals surface area contributed by atoms with Crippen molar-refractivity contribution in [1.29, 1.82) is 0 Å². The van der Waals surface area contributed by atoms with Crippen LogP contribution in [0.4, 0.5) is 0 Å². The molecule has 11 rings (SSSR count). The van der Waals surface area contributed by atoms with E-state index >= 15 is 0 Å². The van der Waals surface area contributed by atoms with Crippen molar-refractivity contribution in [2.45, 2.75) is 5.92 Å². The number of H-pyrrole nitrogens is 3. The van der Waals surface area contributed by atoms with Crippen LogP contribution in [-0.4, -0.2) is 30.1 Å². The predicted molar refractivity (Wildman–Crippen MR) is 203 cm³/mol. The van der Waals surface area contributed by atoms with Crippen molar-refractivity contribution in [3.8, 4) is 67.1 Å². The van der Waals surface area contributed by atoms with Crippen molar-refractivity contribution in [1.82, 2.24) is 30.1 Å². The molecule has 0 spiro atoms. The number of rotatable bonds is 7. The molecule has 0 radical (unpaired) electrons. The van der Waals surface area contributed by atoms with Crippen molar-refractivity contribution in [2.24, 2.45) is 0 Å². The molecular formula is C42H26N6O3S. The summed E-state index contributed by atoms with van der Waals surface area (Å²) in [7, 11) is 0. The number of benzene rings is 3. The zero-order valence-electron chi connectivity index (χ0n) is 27.3. The van der Waals surface area contributed by atoms with Crippen LogP contribution in [0.3, 0.4) is 0 Å². The van der Waals surface area contributed by atoms with Crippen LogP contribution in [0.2, 0.25) is 0 Å².